The second-order valence-electron chi connectivity index (χ2n) is 4.70. The molecule has 1 unspecified atom stereocenters. The first-order valence-corrected chi connectivity index (χ1v) is 6.36. The molecule has 9 heteroatoms. The topological polar surface area (TPSA) is 93.2 Å². The molecule has 0 spiro atoms. The number of hydrogen-bond donors (Lipinski definition) is 2. The second kappa shape index (κ2) is 6.06. The summed E-state index contributed by atoms with van der Waals surface area (Å²) < 4.78 is 28.4. The molecule has 1 atom stereocenters. The van der Waals surface area contributed by atoms with Crippen LogP contribution in [0.1, 0.15) is 17.4 Å². The molecule has 0 aliphatic rings. The molecule has 7 nitrogen and oxygen atoms in total. The van der Waals surface area contributed by atoms with Crippen molar-refractivity contribution >= 4 is 11.5 Å². The molecular formula is C13H14F2N4O3. The largest absolute Gasteiger partial charge is 0.386 e. The first kappa shape index (κ1) is 15.8. The standard InChI is InChI=1S/C13H14F2N4O3/c1-7-12(19(21)22)13(18(2)17-7)16-6-10(20)11-8(14)4-3-5-9(11)15/h3-5,10,16,20H,6H2,1-2H3. The number of rotatable bonds is 5. The number of aliphatic hydroxyl groups excluding tert-OH is 1. The predicted octanol–water partition coefficient (Wildman–Crippen LogP) is 2.06. The third-order valence-corrected chi connectivity index (χ3v) is 3.17. The average molecular weight is 312 g/mol. The van der Waals surface area contributed by atoms with Gasteiger partial charge in [-0.25, -0.2) is 13.5 Å². The van der Waals surface area contributed by atoms with Gasteiger partial charge >= 0.3 is 5.69 Å². The molecular weight excluding hydrogens is 298 g/mol. The van der Waals surface area contributed by atoms with E-state index in [4.69, 9.17) is 0 Å². The van der Waals surface area contributed by atoms with Crippen LogP contribution >= 0.6 is 0 Å². The number of aromatic nitrogens is 2. The van der Waals surface area contributed by atoms with Crippen molar-refractivity contribution in [3.05, 3.63) is 51.2 Å². The zero-order chi connectivity index (χ0) is 16.4. The Kier molecular flexibility index (Phi) is 4.36. The molecule has 0 aliphatic carbocycles. The summed E-state index contributed by atoms with van der Waals surface area (Å²) in [6.45, 7) is 1.16. The minimum Gasteiger partial charge on any atom is -0.386 e. The van der Waals surface area contributed by atoms with Crippen molar-refractivity contribution in [1.29, 1.82) is 0 Å². The van der Waals surface area contributed by atoms with Crippen LogP contribution in [0, 0.1) is 28.7 Å². The molecule has 0 saturated heterocycles. The lowest BCUT2D eigenvalue weighted by Gasteiger charge is -2.14. The van der Waals surface area contributed by atoms with Gasteiger partial charge in [-0.1, -0.05) is 6.07 Å². The lowest BCUT2D eigenvalue weighted by molar-refractivity contribution is -0.384. The van der Waals surface area contributed by atoms with Crippen molar-refractivity contribution < 1.29 is 18.8 Å². The monoisotopic (exact) mass is 312 g/mol. The Morgan fingerprint density at radius 1 is 1.45 bits per heavy atom. The highest BCUT2D eigenvalue weighted by Crippen LogP contribution is 2.28. The zero-order valence-corrected chi connectivity index (χ0v) is 11.9. The van der Waals surface area contributed by atoms with Gasteiger partial charge in [0.05, 0.1) is 10.5 Å². The molecule has 0 bridgehead atoms. The summed E-state index contributed by atoms with van der Waals surface area (Å²) in [5.41, 5.74) is -0.540. The maximum atomic E-state index is 13.6. The molecule has 0 fully saturated rings. The lowest BCUT2D eigenvalue weighted by Crippen LogP contribution is -2.17. The minimum atomic E-state index is -1.50. The van der Waals surface area contributed by atoms with Gasteiger partial charge in [0, 0.05) is 13.6 Å². The van der Waals surface area contributed by atoms with Crippen LogP contribution in [-0.2, 0) is 7.05 Å². The Labute approximate surface area is 124 Å². The Morgan fingerprint density at radius 3 is 2.59 bits per heavy atom. The van der Waals surface area contributed by atoms with Gasteiger partial charge in [-0.3, -0.25) is 10.1 Å². The molecule has 22 heavy (non-hydrogen) atoms. The molecule has 118 valence electrons. The fourth-order valence-corrected chi connectivity index (χ4v) is 2.19. The highest BCUT2D eigenvalue weighted by atomic mass is 19.1. The number of anilines is 1. The second-order valence-corrected chi connectivity index (χ2v) is 4.70. The maximum absolute atomic E-state index is 13.6. The third-order valence-electron chi connectivity index (χ3n) is 3.17. The number of nitrogens with zero attached hydrogens (tertiary/aromatic N) is 3. The van der Waals surface area contributed by atoms with Crippen molar-refractivity contribution in [2.24, 2.45) is 7.05 Å². The first-order valence-electron chi connectivity index (χ1n) is 6.36. The van der Waals surface area contributed by atoms with Crippen LogP contribution in [0.2, 0.25) is 0 Å². The average Bonchev–Trinajstić information content (AvgIpc) is 2.70. The number of hydrogen-bond acceptors (Lipinski definition) is 5. The molecule has 0 saturated carbocycles. The minimum absolute atomic E-state index is 0.0540. The van der Waals surface area contributed by atoms with E-state index in [9.17, 15) is 24.0 Å². The smallest absolute Gasteiger partial charge is 0.333 e. The quantitative estimate of drug-likeness (QED) is 0.651. The van der Waals surface area contributed by atoms with E-state index in [2.05, 4.69) is 10.4 Å². The predicted molar refractivity (Wildman–Crippen MR) is 74.4 cm³/mol. The zero-order valence-electron chi connectivity index (χ0n) is 11.9. The Balaban J connectivity index is 2.22. The molecule has 0 amide bonds. The first-order chi connectivity index (χ1) is 10.3. The van der Waals surface area contributed by atoms with Gasteiger partial charge in [0.25, 0.3) is 0 Å². The Morgan fingerprint density at radius 2 is 2.05 bits per heavy atom. The van der Waals surface area contributed by atoms with Crippen molar-refractivity contribution in [3.63, 3.8) is 0 Å². The summed E-state index contributed by atoms with van der Waals surface area (Å²) in [5, 5.41) is 27.4. The molecule has 2 aromatic rings. The van der Waals surface area contributed by atoms with Crippen LogP contribution in [0.4, 0.5) is 20.3 Å². The molecule has 1 aromatic heterocycles. The summed E-state index contributed by atoms with van der Waals surface area (Å²) in [6, 6.07) is 3.24. The van der Waals surface area contributed by atoms with Gasteiger partial charge in [0.1, 0.15) is 23.4 Å². The van der Waals surface area contributed by atoms with Crippen LogP contribution in [-0.4, -0.2) is 26.4 Å². The fourth-order valence-electron chi connectivity index (χ4n) is 2.19. The molecule has 1 heterocycles. The van der Waals surface area contributed by atoms with E-state index in [-0.39, 0.29) is 23.7 Å². The van der Waals surface area contributed by atoms with E-state index in [1.165, 1.54) is 24.7 Å². The number of halogens is 2. The van der Waals surface area contributed by atoms with Gasteiger partial charge in [0.2, 0.25) is 5.82 Å². The van der Waals surface area contributed by atoms with E-state index in [0.717, 1.165) is 12.1 Å². The number of nitro groups is 1. The van der Waals surface area contributed by atoms with Crippen LogP contribution in [0.25, 0.3) is 0 Å². The molecule has 0 aliphatic heterocycles. The summed E-state index contributed by atoms with van der Waals surface area (Å²) in [5.74, 6) is -1.71. The highest BCUT2D eigenvalue weighted by molar-refractivity contribution is 5.59. The lowest BCUT2D eigenvalue weighted by atomic mass is 10.1. The molecule has 0 radical (unpaired) electrons. The number of benzene rings is 1. The summed E-state index contributed by atoms with van der Waals surface area (Å²) in [7, 11) is 1.48. The van der Waals surface area contributed by atoms with Crippen LogP contribution in [0.5, 0.6) is 0 Å². The van der Waals surface area contributed by atoms with E-state index in [0.29, 0.717) is 0 Å². The van der Waals surface area contributed by atoms with Crippen LogP contribution in [0.3, 0.4) is 0 Å². The van der Waals surface area contributed by atoms with Gasteiger partial charge in [-0.05, 0) is 19.1 Å². The van der Waals surface area contributed by atoms with E-state index in [1.807, 2.05) is 0 Å². The SMILES string of the molecule is Cc1nn(C)c(NCC(O)c2c(F)cccc2F)c1[N+](=O)[O-]. The van der Waals surface area contributed by atoms with Crippen molar-refractivity contribution in [3.8, 4) is 0 Å². The number of aliphatic hydroxyl groups is 1. The molecule has 2 rings (SSSR count). The summed E-state index contributed by atoms with van der Waals surface area (Å²) in [6.07, 6.45) is -1.50. The van der Waals surface area contributed by atoms with Crippen molar-refractivity contribution in [1.82, 2.24) is 9.78 Å². The van der Waals surface area contributed by atoms with Crippen LogP contribution in [0.15, 0.2) is 18.2 Å². The van der Waals surface area contributed by atoms with Crippen molar-refractivity contribution in [2.75, 3.05) is 11.9 Å². The Hall–Kier alpha value is -2.55. The van der Waals surface area contributed by atoms with E-state index < -0.39 is 28.2 Å². The number of nitrogens with one attached hydrogen (secondary N) is 1. The van der Waals surface area contributed by atoms with Gasteiger partial charge in [0.15, 0.2) is 0 Å². The van der Waals surface area contributed by atoms with E-state index >= 15 is 0 Å². The maximum Gasteiger partial charge on any atom is 0.333 e. The summed E-state index contributed by atoms with van der Waals surface area (Å²) >= 11 is 0. The van der Waals surface area contributed by atoms with Crippen LogP contribution < -0.4 is 5.32 Å². The van der Waals surface area contributed by atoms with Crippen molar-refractivity contribution in [2.45, 2.75) is 13.0 Å². The number of aryl methyl sites for hydroxylation is 2. The Bertz CT molecular complexity index is 697. The van der Waals surface area contributed by atoms with Gasteiger partial charge in [-0.15, -0.1) is 0 Å². The normalized spacial score (nSPS) is 12.2. The summed E-state index contributed by atoms with van der Waals surface area (Å²) in [4.78, 5) is 10.4. The molecule has 1 aromatic carbocycles. The highest BCUT2D eigenvalue weighted by Gasteiger charge is 2.25. The van der Waals surface area contributed by atoms with Gasteiger partial charge in [-0.2, -0.15) is 5.10 Å². The van der Waals surface area contributed by atoms with Gasteiger partial charge < -0.3 is 10.4 Å². The fraction of sp³-hybridized carbons (Fsp3) is 0.308. The molecule has 2 N–H and O–H groups in total. The third kappa shape index (κ3) is 2.89. The van der Waals surface area contributed by atoms with E-state index in [1.54, 1.807) is 0 Å².